The van der Waals surface area contributed by atoms with E-state index < -0.39 is 0 Å². The van der Waals surface area contributed by atoms with Crippen molar-refractivity contribution in [3.05, 3.63) is 102 Å². The first kappa shape index (κ1) is 19.2. The molecular formula is C30H26O2. The van der Waals surface area contributed by atoms with Gasteiger partial charge in [-0.05, 0) is 64.8 Å². The molecule has 6 rings (SSSR count). The van der Waals surface area contributed by atoms with Crippen LogP contribution in [0.15, 0.2) is 84.9 Å². The molecule has 2 heteroatoms. The van der Waals surface area contributed by atoms with Gasteiger partial charge in [0, 0.05) is 11.5 Å². The number of aryl methyl sites for hydroxylation is 1. The second kappa shape index (κ2) is 7.87. The summed E-state index contributed by atoms with van der Waals surface area (Å²) in [4.78, 5) is 0. The Morgan fingerprint density at radius 3 is 2.34 bits per heavy atom. The maximum absolute atomic E-state index is 6.02. The summed E-state index contributed by atoms with van der Waals surface area (Å²) in [5.41, 5.74) is 9.31. The van der Waals surface area contributed by atoms with E-state index in [0.29, 0.717) is 12.5 Å². The lowest BCUT2D eigenvalue weighted by Crippen LogP contribution is -2.00. The molecule has 0 N–H and O–H groups in total. The second-order valence-electron chi connectivity index (χ2n) is 8.65. The molecule has 0 amide bonds. The molecule has 32 heavy (non-hydrogen) atoms. The van der Waals surface area contributed by atoms with Gasteiger partial charge in [-0.15, -0.1) is 0 Å². The quantitative estimate of drug-likeness (QED) is 0.261. The molecule has 1 heterocycles. The third kappa shape index (κ3) is 3.18. The second-order valence-corrected chi connectivity index (χ2v) is 8.65. The lowest BCUT2D eigenvalue weighted by Gasteiger charge is -2.20. The van der Waals surface area contributed by atoms with Crippen molar-refractivity contribution in [3.8, 4) is 39.5 Å². The summed E-state index contributed by atoms with van der Waals surface area (Å²) in [5, 5.41) is 0. The molecular weight excluding hydrogens is 392 g/mol. The average molecular weight is 419 g/mol. The van der Waals surface area contributed by atoms with Gasteiger partial charge in [-0.2, -0.15) is 0 Å². The predicted molar refractivity (Wildman–Crippen MR) is 130 cm³/mol. The number of rotatable bonds is 6. The van der Waals surface area contributed by atoms with E-state index in [1.807, 2.05) is 0 Å². The van der Waals surface area contributed by atoms with Crippen molar-refractivity contribution in [2.45, 2.75) is 32.1 Å². The molecule has 1 atom stereocenters. The number of hydrogen-bond donors (Lipinski definition) is 0. The minimum absolute atomic E-state index is 0.398. The standard InChI is InChI=1S/C30H26O2/c1-2-19-31-26-18-17-25(29-30(26)32-29)28-24(21-11-7-4-8-12-21)16-14-22-13-15-23(27(22)28)20-9-5-3-6-10-20/h3-12,14,16-18,23H,2,13,15,19H2,1H3. The lowest BCUT2D eigenvalue weighted by molar-refractivity contribution is 0.314. The first-order valence-electron chi connectivity index (χ1n) is 11.6. The van der Waals surface area contributed by atoms with Crippen LogP contribution in [0.5, 0.6) is 17.2 Å². The molecule has 0 saturated carbocycles. The minimum atomic E-state index is 0.398. The van der Waals surface area contributed by atoms with Gasteiger partial charge in [0.1, 0.15) is 0 Å². The van der Waals surface area contributed by atoms with E-state index >= 15 is 0 Å². The van der Waals surface area contributed by atoms with E-state index in [9.17, 15) is 0 Å². The van der Waals surface area contributed by atoms with Crippen LogP contribution >= 0.6 is 0 Å². The van der Waals surface area contributed by atoms with Gasteiger partial charge in [0.15, 0.2) is 11.5 Å². The zero-order valence-electron chi connectivity index (χ0n) is 18.3. The number of ether oxygens (including phenoxy) is 2. The van der Waals surface area contributed by atoms with E-state index in [1.54, 1.807) is 0 Å². The molecule has 0 spiro atoms. The minimum Gasteiger partial charge on any atom is -0.490 e. The molecule has 0 saturated heterocycles. The smallest absolute Gasteiger partial charge is 0.212 e. The van der Waals surface area contributed by atoms with Crippen molar-refractivity contribution in [2.75, 3.05) is 6.61 Å². The number of benzene rings is 4. The number of hydrogen-bond acceptors (Lipinski definition) is 2. The summed E-state index contributed by atoms with van der Waals surface area (Å²) in [6.07, 6.45) is 3.24. The Bertz CT molecular complexity index is 1280. The molecule has 1 aliphatic heterocycles. The van der Waals surface area contributed by atoms with Crippen molar-refractivity contribution in [3.63, 3.8) is 0 Å². The van der Waals surface area contributed by atoms with Crippen molar-refractivity contribution >= 4 is 0 Å². The molecule has 1 unspecified atom stereocenters. The Kier molecular flexibility index (Phi) is 4.72. The highest BCUT2D eigenvalue weighted by molar-refractivity contribution is 5.94. The predicted octanol–water partition coefficient (Wildman–Crippen LogP) is 7.99. The van der Waals surface area contributed by atoms with E-state index in [1.165, 1.54) is 38.9 Å². The molecule has 0 bridgehead atoms. The molecule has 2 aliphatic rings. The third-order valence-electron chi connectivity index (χ3n) is 6.64. The van der Waals surface area contributed by atoms with Crippen molar-refractivity contribution in [1.82, 2.24) is 0 Å². The fraction of sp³-hybridized carbons (Fsp3) is 0.200. The van der Waals surface area contributed by atoms with Crippen LogP contribution in [0.1, 0.15) is 42.4 Å². The Morgan fingerprint density at radius 1 is 0.812 bits per heavy atom. The van der Waals surface area contributed by atoms with Gasteiger partial charge in [0.25, 0.3) is 0 Å². The maximum Gasteiger partial charge on any atom is 0.212 e. The zero-order chi connectivity index (χ0) is 21.5. The van der Waals surface area contributed by atoms with Crippen molar-refractivity contribution in [2.24, 2.45) is 0 Å². The van der Waals surface area contributed by atoms with Gasteiger partial charge in [-0.1, -0.05) is 79.7 Å². The summed E-state index contributed by atoms with van der Waals surface area (Å²) in [6.45, 7) is 2.83. The Balaban J connectivity index is 1.56. The van der Waals surface area contributed by atoms with Crippen LogP contribution in [0.4, 0.5) is 0 Å². The average Bonchev–Trinajstić information content (AvgIpc) is 3.55. The van der Waals surface area contributed by atoms with Gasteiger partial charge >= 0.3 is 0 Å². The van der Waals surface area contributed by atoms with Crippen LogP contribution in [0.2, 0.25) is 0 Å². The Labute approximate surface area is 189 Å². The summed E-state index contributed by atoms with van der Waals surface area (Å²) < 4.78 is 11.9. The highest BCUT2D eigenvalue weighted by atomic mass is 16.6. The van der Waals surface area contributed by atoms with Crippen LogP contribution < -0.4 is 9.47 Å². The van der Waals surface area contributed by atoms with Gasteiger partial charge in [-0.3, -0.25) is 0 Å². The first-order chi connectivity index (χ1) is 15.8. The van der Waals surface area contributed by atoms with Gasteiger partial charge in [0.05, 0.1) is 6.61 Å². The van der Waals surface area contributed by atoms with E-state index in [-0.39, 0.29) is 0 Å². The fourth-order valence-corrected chi connectivity index (χ4v) is 5.14. The monoisotopic (exact) mass is 418 g/mol. The summed E-state index contributed by atoms with van der Waals surface area (Å²) in [7, 11) is 0. The fourth-order valence-electron chi connectivity index (χ4n) is 5.14. The van der Waals surface area contributed by atoms with Crippen LogP contribution in [-0.2, 0) is 6.42 Å². The SMILES string of the molecule is CCCOc1ccc(-c2c(-c3ccccc3)ccc3c2C(c2ccccc2)CC3)c2c1O2. The van der Waals surface area contributed by atoms with Gasteiger partial charge in [0.2, 0.25) is 5.75 Å². The highest BCUT2D eigenvalue weighted by Crippen LogP contribution is 2.60. The molecule has 4 aromatic rings. The van der Waals surface area contributed by atoms with E-state index in [4.69, 9.17) is 9.47 Å². The molecule has 4 aromatic carbocycles. The highest BCUT2D eigenvalue weighted by Gasteiger charge is 2.36. The Morgan fingerprint density at radius 2 is 1.56 bits per heavy atom. The number of fused-ring (bicyclic) bond motifs is 2. The normalized spacial score (nSPS) is 15.6. The lowest BCUT2D eigenvalue weighted by atomic mass is 9.83. The first-order valence-corrected chi connectivity index (χ1v) is 11.6. The Hall–Kier alpha value is -3.52. The zero-order valence-corrected chi connectivity index (χ0v) is 18.3. The topological polar surface area (TPSA) is 21.8 Å². The molecule has 0 fully saturated rings. The van der Waals surface area contributed by atoms with Crippen LogP contribution in [0.25, 0.3) is 22.3 Å². The molecule has 158 valence electrons. The van der Waals surface area contributed by atoms with Crippen molar-refractivity contribution in [1.29, 1.82) is 0 Å². The van der Waals surface area contributed by atoms with Crippen LogP contribution in [-0.4, -0.2) is 6.61 Å². The van der Waals surface area contributed by atoms with Gasteiger partial charge < -0.3 is 9.47 Å². The third-order valence-corrected chi connectivity index (χ3v) is 6.64. The summed E-state index contributed by atoms with van der Waals surface area (Å²) in [6, 6.07) is 30.6. The van der Waals surface area contributed by atoms with E-state index in [2.05, 4.69) is 91.9 Å². The molecule has 1 aliphatic carbocycles. The van der Waals surface area contributed by atoms with Crippen molar-refractivity contribution < 1.29 is 9.47 Å². The molecule has 2 nitrogen and oxygen atoms in total. The van der Waals surface area contributed by atoms with Crippen LogP contribution in [0.3, 0.4) is 0 Å². The van der Waals surface area contributed by atoms with Crippen LogP contribution in [0, 0.1) is 0 Å². The largest absolute Gasteiger partial charge is 0.490 e. The summed E-state index contributed by atoms with van der Waals surface area (Å²) >= 11 is 0. The molecule has 0 radical (unpaired) electrons. The summed E-state index contributed by atoms with van der Waals surface area (Å²) in [5.74, 6) is 3.14. The maximum atomic E-state index is 6.02. The van der Waals surface area contributed by atoms with Gasteiger partial charge in [-0.25, -0.2) is 0 Å². The van der Waals surface area contributed by atoms with E-state index in [0.717, 1.165) is 36.5 Å². The molecule has 0 aromatic heterocycles.